The Morgan fingerprint density at radius 3 is 2.66 bits per heavy atom. The quantitative estimate of drug-likeness (QED) is 0.366. The molecule has 1 aliphatic heterocycles. The minimum Gasteiger partial charge on any atom is -0.467 e. The minimum absolute atomic E-state index is 0.0193. The van der Waals surface area contributed by atoms with Crippen LogP contribution in [0.1, 0.15) is 44.9 Å². The molecule has 0 saturated carbocycles. The molecule has 0 N–H and O–H groups in total. The van der Waals surface area contributed by atoms with Gasteiger partial charge in [-0.2, -0.15) is 18.3 Å². The van der Waals surface area contributed by atoms with Gasteiger partial charge in [-0.05, 0) is 76.3 Å². The van der Waals surface area contributed by atoms with Crippen molar-refractivity contribution in [1.82, 2.24) is 20.1 Å². The van der Waals surface area contributed by atoms with Crippen molar-refractivity contribution in [3.8, 4) is 17.0 Å². The number of methoxy groups -OCH3 is 1. The number of alkyl halides is 3. The van der Waals surface area contributed by atoms with Gasteiger partial charge >= 0.3 is 12.3 Å². The number of piperidine rings is 1. The van der Waals surface area contributed by atoms with Crippen molar-refractivity contribution >= 4 is 17.0 Å². The molecule has 204 valence electrons. The van der Waals surface area contributed by atoms with E-state index in [4.69, 9.17) is 14.2 Å². The molecule has 8 nitrogen and oxygen atoms in total. The number of benzene rings is 1. The third-order valence-electron chi connectivity index (χ3n) is 6.16. The van der Waals surface area contributed by atoms with E-state index in [-0.39, 0.29) is 24.6 Å². The Morgan fingerprint density at radius 2 is 1.95 bits per heavy atom. The van der Waals surface area contributed by atoms with Gasteiger partial charge in [0, 0.05) is 37.3 Å². The van der Waals surface area contributed by atoms with Crippen LogP contribution in [0.2, 0.25) is 0 Å². The molecule has 4 rings (SSSR count). The van der Waals surface area contributed by atoms with Crippen molar-refractivity contribution in [1.29, 1.82) is 0 Å². The molecule has 1 fully saturated rings. The van der Waals surface area contributed by atoms with Crippen molar-refractivity contribution in [2.75, 3.05) is 27.0 Å². The molecule has 0 aliphatic carbocycles. The first-order valence-electron chi connectivity index (χ1n) is 12.4. The lowest BCUT2D eigenvalue weighted by Gasteiger charge is -2.34. The second-order valence-electron chi connectivity index (χ2n) is 10.3. The molecule has 1 aliphatic rings. The lowest BCUT2D eigenvalue weighted by molar-refractivity contribution is -0.137. The van der Waals surface area contributed by atoms with E-state index in [1.807, 2.05) is 26.8 Å². The van der Waals surface area contributed by atoms with Crippen LogP contribution in [-0.2, 0) is 22.1 Å². The van der Waals surface area contributed by atoms with E-state index in [0.29, 0.717) is 47.4 Å². The zero-order valence-electron chi connectivity index (χ0n) is 21.8. The van der Waals surface area contributed by atoms with E-state index < -0.39 is 17.3 Å². The predicted molar refractivity (Wildman–Crippen MR) is 135 cm³/mol. The summed E-state index contributed by atoms with van der Waals surface area (Å²) in [4.78, 5) is 18.8. The average Bonchev–Trinajstić information content (AvgIpc) is 2.86. The molecule has 3 aromatic rings. The van der Waals surface area contributed by atoms with E-state index in [1.165, 1.54) is 13.2 Å². The third-order valence-corrected chi connectivity index (χ3v) is 6.16. The summed E-state index contributed by atoms with van der Waals surface area (Å²) in [5, 5.41) is 9.49. The molecule has 38 heavy (non-hydrogen) atoms. The number of rotatable bonds is 6. The molecule has 3 heterocycles. The predicted octanol–water partition coefficient (Wildman–Crippen LogP) is 5.88. The number of aromatic nitrogens is 3. The van der Waals surface area contributed by atoms with Crippen LogP contribution in [0.15, 0.2) is 36.5 Å². The number of amides is 1. The molecule has 1 amide bonds. The first kappa shape index (κ1) is 27.6. The molecule has 1 unspecified atom stereocenters. The number of hydrogen-bond acceptors (Lipinski definition) is 7. The van der Waals surface area contributed by atoms with Crippen LogP contribution in [-0.4, -0.2) is 58.8 Å². The summed E-state index contributed by atoms with van der Waals surface area (Å²) in [7, 11) is 1.39. The van der Waals surface area contributed by atoms with E-state index >= 15 is 0 Å². The van der Waals surface area contributed by atoms with Gasteiger partial charge in [-0.15, -0.1) is 5.10 Å². The summed E-state index contributed by atoms with van der Waals surface area (Å²) in [6.45, 7) is 6.44. The summed E-state index contributed by atoms with van der Waals surface area (Å²) in [6.07, 6.45) is -0.939. The summed E-state index contributed by atoms with van der Waals surface area (Å²) >= 11 is 0. The van der Waals surface area contributed by atoms with E-state index in [1.54, 1.807) is 17.2 Å². The summed E-state index contributed by atoms with van der Waals surface area (Å²) in [6, 6.07) is 6.78. The zero-order chi connectivity index (χ0) is 27.5. The fraction of sp³-hybridized carbons (Fsp3) is 0.481. The highest BCUT2D eigenvalue weighted by molar-refractivity contribution is 5.94. The summed E-state index contributed by atoms with van der Waals surface area (Å²) < 4.78 is 56.0. The van der Waals surface area contributed by atoms with Crippen LogP contribution in [0.25, 0.3) is 22.2 Å². The Hall–Kier alpha value is -3.47. The van der Waals surface area contributed by atoms with Gasteiger partial charge in [0.2, 0.25) is 0 Å². The Balaban J connectivity index is 1.65. The SMILES string of the molecule is COCOc1cc(C(F)(F)F)ccc1-c1nnc(CC2CCCN(C(=O)OC(C)(C)C)C2)c2ncccc12. The Kier molecular flexibility index (Phi) is 8.05. The topological polar surface area (TPSA) is 86.7 Å². The van der Waals surface area contributed by atoms with Crippen LogP contribution in [0.3, 0.4) is 0 Å². The number of fused-ring (bicyclic) bond motifs is 1. The van der Waals surface area contributed by atoms with Crippen LogP contribution in [0.5, 0.6) is 5.75 Å². The van der Waals surface area contributed by atoms with Gasteiger partial charge in [0.25, 0.3) is 0 Å². The second-order valence-corrected chi connectivity index (χ2v) is 10.3. The van der Waals surface area contributed by atoms with Crippen molar-refractivity contribution < 1.29 is 32.2 Å². The first-order valence-corrected chi connectivity index (χ1v) is 12.4. The molecule has 11 heteroatoms. The van der Waals surface area contributed by atoms with Gasteiger partial charge in [0.1, 0.15) is 17.0 Å². The van der Waals surface area contributed by atoms with Crippen molar-refractivity contribution in [3.05, 3.63) is 47.8 Å². The largest absolute Gasteiger partial charge is 0.467 e. The smallest absolute Gasteiger partial charge is 0.416 e. The van der Waals surface area contributed by atoms with E-state index in [2.05, 4.69) is 15.2 Å². The number of likely N-dealkylation sites (tertiary alicyclic amines) is 1. The lowest BCUT2D eigenvalue weighted by Crippen LogP contribution is -2.43. The number of carbonyl (C=O) groups is 1. The van der Waals surface area contributed by atoms with Gasteiger partial charge < -0.3 is 19.1 Å². The van der Waals surface area contributed by atoms with E-state index in [9.17, 15) is 18.0 Å². The Morgan fingerprint density at radius 1 is 1.16 bits per heavy atom. The maximum atomic E-state index is 13.4. The third kappa shape index (κ3) is 6.50. The number of ether oxygens (including phenoxy) is 3. The second kappa shape index (κ2) is 11.1. The maximum absolute atomic E-state index is 13.4. The van der Waals surface area contributed by atoms with Gasteiger partial charge in [-0.25, -0.2) is 4.79 Å². The van der Waals surface area contributed by atoms with Crippen molar-refractivity contribution in [2.45, 2.75) is 51.8 Å². The number of carbonyl (C=O) groups excluding carboxylic acids is 1. The molecule has 1 aromatic carbocycles. The normalized spacial score (nSPS) is 16.5. The first-order chi connectivity index (χ1) is 18.0. The van der Waals surface area contributed by atoms with Gasteiger partial charge in [0.05, 0.1) is 16.8 Å². The van der Waals surface area contributed by atoms with Gasteiger partial charge in [-0.1, -0.05) is 0 Å². The summed E-state index contributed by atoms with van der Waals surface area (Å²) in [5.41, 5.74) is 0.550. The molecule has 0 radical (unpaired) electrons. The lowest BCUT2D eigenvalue weighted by atomic mass is 9.92. The van der Waals surface area contributed by atoms with Crippen LogP contribution < -0.4 is 4.74 Å². The van der Waals surface area contributed by atoms with Gasteiger partial charge in [0.15, 0.2) is 6.79 Å². The van der Waals surface area contributed by atoms with Crippen LogP contribution in [0, 0.1) is 5.92 Å². The van der Waals surface area contributed by atoms with Crippen LogP contribution in [0.4, 0.5) is 18.0 Å². The number of pyridine rings is 1. The highest BCUT2D eigenvalue weighted by Gasteiger charge is 2.32. The number of hydrogen-bond donors (Lipinski definition) is 0. The highest BCUT2D eigenvalue weighted by Crippen LogP contribution is 2.39. The fourth-order valence-corrected chi connectivity index (χ4v) is 4.51. The molecule has 0 bridgehead atoms. The Labute approximate surface area is 219 Å². The average molecular weight is 533 g/mol. The molecule has 1 saturated heterocycles. The zero-order valence-corrected chi connectivity index (χ0v) is 21.8. The maximum Gasteiger partial charge on any atom is 0.416 e. The van der Waals surface area contributed by atoms with E-state index in [0.717, 1.165) is 25.0 Å². The fourth-order valence-electron chi connectivity index (χ4n) is 4.51. The monoisotopic (exact) mass is 532 g/mol. The van der Waals surface area contributed by atoms with Crippen LogP contribution >= 0.6 is 0 Å². The minimum atomic E-state index is -4.53. The molecule has 1 atom stereocenters. The standard InChI is InChI=1S/C27H31F3N4O4/c1-26(2,3)38-25(35)34-12-6-7-17(15-34)13-21-24-20(8-5-11-31-24)23(33-32-21)19-10-9-18(27(28,29)30)14-22(19)37-16-36-4/h5,8-11,14,17H,6-7,12-13,15-16H2,1-4H3. The number of halogens is 3. The van der Waals surface area contributed by atoms with Gasteiger partial charge in [-0.3, -0.25) is 4.98 Å². The molecular formula is C27H31F3N4O4. The van der Waals surface area contributed by atoms with Crippen molar-refractivity contribution in [3.63, 3.8) is 0 Å². The Bertz CT molecular complexity index is 1290. The summed E-state index contributed by atoms with van der Waals surface area (Å²) in [5.74, 6) is 0.113. The number of nitrogens with zero attached hydrogens (tertiary/aromatic N) is 4. The molecule has 0 spiro atoms. The van der Waals surface area contributed by atoms with Crippen molar-refractivity contribution in [2.24, 2.45) is 5.92 Å². The molecular weight excluding hydrogens is 501 g/mol. The highest BCUT2D eigenvalue weighted by atomic mass is 19.4. The molecule has 2 aromatic heterocycles.